The zero-order valence-corrected chi connectivity index (χ0v) is 19.3. The number of fused-ring (bicyclic) bond motifs is 1. The van der Waals surface area contributed by atoms with Crippen LogP contribution in [0.4, 0.5) is 4.79 Å². The molecule has 2 aromatic carbocycles. The highest BCUT2D eigenvalue weighted by atomic mass is 32.2. The number of thioether (sulfide) groups is 1. The first-order valence-corrected chi connectivity index (χ1v) is 11.2. The second-order valence-electron chi connectivity index (χ2n) is 8.74. The molecule has 7 heteroatoms. The van der Waals surface area contributed by atoms with Crippen molar-refractivity contribution in [3.8, 4) is 11.5 Å². The van der Waals surface area contributed by atoms with Crippen LogP contribution in [0.25, 0.3) is 0 Å². The molecule has 1 fully saturated rings. The fourth-order valence-electron chi connectivity index (χ4n) is 4.26. The number of aromatic hydroxyl groups is 1. The molecule has 6 nitrogen and oxygen atoms in total. The molecular formula is C24H27NO5S. The van der Waals surface area contributed by atoms with Crippen molar-refractivity contribution in [2.24, 2.45) is 0 Å². The zero-order valence-electron chi connectivity index (χ0n) is 18.4. The average molecular weight is 442 g/mol. The number of phenolic OH excluding ortho intramolecular Hbond substituents is 1. The van der Waals surface area contributed by atoms with Crippen molar-refractivity contribution >= 4 is 22.1 Å². The van der Waals surface area contributed by atoms with E-state index >= 15 is 0 Å². The van der Waals surface area contributed by atoms with Gasteiger partial charge in [0, 0.05) is 17.3 Å². The number of nitrogens with zero attached hydrogens (tertiary/aromatic N) is 1. The highest BCUT2D eigenvalue weighted by Crippen LogP contribution is 2.45. The monoisotopic (exact) mass is 441 g/mol. The van der Waals surface area contributed by atoms with Crippen LogP contribution in [0.5, 0.6) is 11.5 Å². The Bertz CT molecular complexity index is 1070. The van der Waals surface area contributed by atoms with Crippen LogP contribution in [0, 0.1) is 20.8 Å². The first-order chi connectivity index (χ1) is 14.6. The van der Waals surface area contributed by atoms with Crippen molar-refractivity contribution in [3.05, 3.63) is 58.1 Å². The molecule has 0 saturated carbocycles. The van der Waals surface area contributed by atoms with Crippen LogP contribution in [0.1, 0.15) is 48.1 Å². The van der Waals surface area contributed by atoms with Crippen LogP contribution in [0.15, 0.2) is 30.3 Å². The number of carbonyl (C=O) groups is 2. The van der Waals surface area contributed by atoms with Gasteiger partial charge in [0.2, 0.25) is 5.12 Å². The lowest BCUT2D eigenvalue weighted by Gasteiger charge is -2.39. The van der Waals surface area contributed by atoms with Crippen molar-refractivity contribution in [2.45, 2.75) is 58.6 Å². The van der Waals surface area contributed by atoms with Gasteiger partial charge >= 0.3 is 5.24 Å². The summed E-state index contributed by atoms with van der Waals surface area (Å²) in [6.07, 6.45) is 1.39. The summed E-state index contributed by atoms with van der Waals surface area (Å²) in [6.45, 7) is 9.49. The lowest BCUT2D eigenvalue weighted by Crippen LogP contribution is -2.49. The van der Waals surface area contributed by atoms with Gasteiger partial charge in [0.1, 0.15) is 23.7 Å². The molecule has 1 saturated heterocycles. The maximum atomic E-state index is 12.7. The summed E-state index contributed by atoms with van der Waals surface area (Å²) in [5.41, 5.74) is 2.39. The molecule has 0 aromatic heterocycles. The number of hydrogen-bond donors (Lipinski definition) is 1. The van der Waals surface area contributed by atoms with Gasteiger partial charge in [0.15, 0.2) is 5.54 Å². The van der Waals surface area contributed by atoms with Crippen molar-refractivity contribution in [1.29, 1.82) is 0 Å². The van der Waals surface area contributed by atoms with E-state index in [1.807, 2.05) is 58.0 Å². The normalized spacial score (nSPS) is 25.5. The first kappa shape index (κ1) is 21.7. The van der Waals surface area contributed by atoms with Gasteiger partial charge in [-0.3, -0.25) is 14.4 Å². The Morgan fingerprint density at radius 2 is 1.77 bits per heavy atom. The molecular weight excluding hydrogens is 414 g/mol. The molecule has 0 bridgehead atoms. The highest BCUT2D eigenvalue weighted by Gasteiger charge is 2.53. The highest BCUT2D eigenvalue weighted by molar-refractivity contribution is 8.26. The maximum Gasteiger partial charge on any atom is 0.314 e. The molecule has 0 aliphatic carbocycles. The summed E-state index contributed by atoms with van der Waals surface area (Å²) in [6, 6.07) is 9.19. The van der Waals surface area contributed by atoms with Crippen molar-refractivity contribution in [2.75, 3.05) is 6.61 Å². The van der Waals surface area contributed by atoms with Crippen molar-refractivity contribution in [3.63, 3.8) is 0 Å². The molecule has 2 atom stereocenters. The predicted octanol–water partition coefficient (Wildman–Crippen LogP) is 4.94. The van der Waals surface area contributed by atoms with Gasteiger partial charge in [-0.05, 0) is 69.7 Å². The topological polar surface area (TPSA) is 76.1 Å². The second kappa shape index (κ2) is 7.57. The minimum absolute atomic E-state index is 0.118. The summed E-state index contributed by atoms with van der Waals surface area (Å²) in [4.78, 5) is 31.3. The minimum Gasteiger partial charge on any atom is -0.507 e. The number of rotatable bonds is 4. The molecule has 0 radical (unpaired) electrons. The Hall–Kier alpha value is -2.51. The number of hydrogen-bond acceptors (Lipinski definition) is 6. The molecule has 4 rings (SSSR count). The fraction of sp³-hybridized carbons (Fsp3) is 0.417. The Morgan fingerprint density at radius 3 is 2.45 bits per heavy atom. The summed E-state index contributed by atoms with van der Waals surface area (Å²) in [5, 5.41) is 10.9. The van der Waals surface area contributed by atoms with Gasteiger partial charge in [0.05, 0.1) is 0 Å². The molecule has 1 N–H and O–H groups in total. The molecule has 2 aliphatic rings. The predicted molar refractivity (Wildman–Crippen MR) is 119 cm³/mol. The Kier molecular flexibility index (Phi) is 5.30. The standard InChI is InChI=1S/C24H27NO5S/c1-14-15(2)20-18(16(3)19(14)26)11-12-23(4,30-20)13-29-25-22(28)31-21(27)24(25,5)17-9-7-6-8-10-17/h6-10,26H,11-13H2,1-5H3. The van der Waals surface area contributed by atoms with Crippen LogP contribution in [0.3, 0.4) is 0 Å². The lowest BCUT2D eigenvalue weighted by molar-refractivity contribution is -0.199. The average Bonchev–Trinajstić information content (AvgIpc) is 2.98. The molecule has 2 aliphatic heterocycles. The van der Waals surface area contributed by atoms with Gasteiger partial charge in [0.25, 0.3) is 0 Å². The van der Waals surface area contributed by atoms with Crippen molar-refractivity contribution in [1.82, 2.24) is 5.06 Å². The van der Waals surface area contributed by atoms with E-state index < -0.39 is 16.4 Å². The smallest absolute Gasteiger partial charge is 0.314 e. The SMILES string of the molecule is Cc1c(C)c2c(c(C)c1O)CCC(C)(CON1C(=O)SC(=O)C1(C)c1ccccc1)O2. The number of phenols is 1. The third kappa shape index (κ3) is 3.40. The van der Waals surface area contributed by atoms with E-state index in [9.17, 15) is 14.7 Å². The summed E-state index contributed by atoms with van der Waals surface area (Å²) < 4.78 is 6.40. The molecule has 2 heterocycles. The van der Waals surface area contributed by atoms with Gasteiger partial charge < -0.3 is 9.84 Å². The Labute approximate surface area is 186 Å². The quantitative estimate of drug-likeness (QED) is 0.724. The maximum absolute atomic E-state index is 12.7. The lowest BCUT2D eigenvalue weighted by atomic mass is 9.87. The van der Waals surface area contributed by atoms with E-state index in [4.69, 9.17) is 9.57 Å². The van der Waals surface area contributed by atoms with E-state index in [0.717, 1.165) is 34.4 Å². The Balaban J connectivity index is 1.59. The van der Waals surface area contributed by atoms with Gasteiger partial charge in [-0.15, -0.1) is 0 Å². The number of benzene rings is 2. The second-order valence-corrected chi connectivity index (χ2v) is 9.67. The first-order valence-electron chi connectivity index (χ1n) is 10.3. The molecule has 31 heavy (non-hydrogen) atoms. The van der Waals surface area contributed by atoms with Gasteiger partial charge in [-0.25, -0.2) is 0 Å². The van der Waals surface area contributed by atoms with Crippen LogP contribution < -0.4 is 4.74 Å². The molecule has 2 aromatic rings. The third-order valence-electron chi connectivity index (χ3n) is 6.58. The Morgan fingerprint density at radius 1 is 1.10 bits per heavy atom. The summed E-state index contributed by atoms with van der Waals surface area (Å²) in [7, 11) is 0. The summed E-state index contributed by atoms with van der Waals surface area (Å²) in [5.74, 6) is 1.09. The molecule has 2 unspecified atom stereocenters. The van der Waals surface area contributed by atoms with E-state index in [0.29, 0.717) is 29.5 Å². The number of ether oxygens (including phenoxy) is 1. The number of hydroxylamine groups is 2. The van der Waals surface area contributed by atoms with Crippen LogP contribution >= 0.6 is 11.8 Å². The van der Waals surface area contributed by atoms with Crippen LogP contribution in [-0.4, -0.2) is 32.7 Å². The largest absolute Gasteiger partial charge is 0.507 e. The number of amides is 1. The molecule has 0 spiro atoms. The minimum atomic E-state index is -1.19. The van der Waals surface area contributed by atoms with E-state index in [1.54, 1.807) is 6.92 Å². The van der Waals surface area contributed by atoms with Gasteiger partial charge in [-0.1, -0.05) is 30.3 Å². The third-order valence-corrected chi connectivity index (χ3v) is 7.50. The van der Waals surface area contributed by atoms with E-state index in [1.165, 1.54) is 5.06 Å². The van der Waals surface area contributed by atoms with Crippen LogP contribution in [0.2, 0.25) is 0 Å². The molecule has 1 amide bonds. The summed E-state index contributed by atoms with van der Waals surface area (Å²) >= 11 is 0.667. The van der Waals surface area contributed by atoms with E-state index in [2.05, 4.69) is 0 Å². The van der Waals surface area contributed by atoms with Crippen molar-refractivity contribution < 1.29 is 24.3 Å². The molecule has 164 valence electrons. The number of carbonyl (C=O) groups excluding carboxylic acids is 2. The zero-order chi connectivity index (χ0) is 22.6. The van der Waals surface area contributed by atoms with Crippen LogP contribution in [-0.2, 0) is 21.6 Å². The van der Waals surface area contributed by atoms with Gasteiger partial charge in [-0.2, -0.15) is 5.06 Å². The fourth-order valence-corrected chi connectivity index (χ4v) is 5.14. The van der Waals surface area contributed by atoms with E-state index in [-0.39, 0.29) is 11.7 Å².